The van der Waals surface area contributed by atoms with Crippen LogP contribution >= 0.6 is 22.9 Å². The molecule has 1 aliphatic carbocycles. The first-order valence-electron chi connectivity index (χ1n) is 4.79. The first-order valence-corrected chi connectivity index (χ1v) is 5.99. The maximum absolute atomic E-state index is 11.3. The van der Waals surface area contributed by atoms with Crippen molar-refractivity contribution in [3.8, 4) is 0 Å². The normalized spacial score (nSPS) is 23.7. The number of carbonyl (C=O) groups excluding carboxylic acids is 1. The van der Waals surface area contributed by atoms with Crippen molar-refractivity contribution in [1.29, 1.82) is 0 Å². The molecule has 2 N–H and O–H groups in total. The lowest BCUT2D eigenvalue weighted by atomic mass is 9.90. The molecule has 1 saturated carbocycles. The van der Waals surface area contributed by atoms with E-state index in [0.29, 0.717) is 22.9 Å². The topological polar surface area (TPSA) is 71.5 Å². The van der Waals surface area contributed by atoms with Gasteiger partial charge in [-0.25, -0.2) is 9.78 Å². The number of aliphatic hydroxyl groups is 1. The van der Waals surface area contributed by atoms with Crippen molar-refractivity contribution >= 4 is 34.0 Å². The van der Waals surface area contributed by atoms with E-state index in [4.69, 9.17) is 16.7 Å². The van der Waals surface area contributed by atoms with E-state index in [-0.39, 0.29) is 17.3 Å². The SMILES string of the molecule is COC(=O)c1sc(NC2CC(O)C2)nc1Cl. The summed E-state index contributed by atoms with van der Waals surface area (Å²) < 4.78 is 4.57. The smallest absolute Gasteiger partial charge is 0.351 e. The molecule has 0 aliphatic heterocycles. The van der Waals surface area contributed by atoms with E-state index in [1.807, 2.05) is 0 Å². The van der Waals surface area contributed by atoms with Gasteiger partial charge in [-0.2, -0.15) is 0 Å². The first-order chi connectivity index (χ1) is 7.60. The first kappa shape index (κ1) is 11.6. The van der Waals surface area contributed by atoms with Crippen molar-refractivity contribution in [1.82, 2.24) is 4.98 Å². The highest BCUT2D eigenvalue weighted by molar-refractivity contribution is 7.18. The summed E-state index contributed by atoms with van der Waals surface area (Å²) in [4.78, 5) is 15.6. The minimum Gasteiger partial charge on any atom is -0.465 e. The Kier molecular flexibility index (Phi) is 3.32. The fourth-order valence-corrected chi connectivity index (χ4v) is 2.64. The molecule has 0 amide bonds. The third kappa shape index (κ3) is 2.28. The quantitative estimate of drug-likeness (QED) is 0.808. The zero-order valence-electron chi connectivity index (χ0n) is 8.57. The molecular weight excluding hydrogens is 252 g/mol. The van der Waals surface area contributed by atoms with Gasteiger partial charge in [-0.05, 0) is 12.8 Å². The Labute approximate surface area is 101 Å². The van der Waals surface area contributed by atoms with Crippen LogP contribution < -0.4 is 5.32 Å². The zero-order chi connectivity index (χ0) is 11.7. The molecule has 2 rings (SSSR count). The maximum Gasteiger partial charge on any atom is 0.351 e. The second kappa shape index (κ2) is 4.57. The monoisotopic (exact) mass is 262 g/mol. The van der Waals surface area contributed by atoms with Crippen LogP contribution in [-0.2, 0) is 4.74 Å². The lowest BCUT2D eigenvalue weighted by Crippen LogP contribution is -2.38. The Morgan fingerprint density at radius 3 is 2.94 bits per heavy atom. The van der Waals surface area contributed by atoms with E-state index in [1.165, 1.54) is 7.11 Å². The fourth-order valence-electron chi connectivity index (χ4n) is 1.46. The number of aliphatic hydroxyl groups excluding tert-OH is 1. The van der Waals surface area contributed by atoms with Gasteiger partial charge >= 0.3 is 5.97 Å². The van der Waals surface area contributed by atoms with Gasteiger partial charge in [0.15, 0.2) is 15.2 Å². The zero-order valence-corrected chi connectivity index (χ0v) is 10.1. The Morgan fingerprint density at radius 2 is 2.38 bits per heavy atom. The molecule has 0 saturated heterocycles. The number of nitrogens with zero attached hydrogens (tertiary/aromatic N) is 1. The molecule has 1 heterocycles. The number of aromatic nitrogens is 1. The number of rotatable bonds is 3. The van der Waals surface area contributed by atoms with Gasteiger partial charge in [0.2, 0.25) is 0 Å². The second-order valence-electron chi connectivity index (χ2n) is 3.60. The summed E-state index contributed by atoms with van der Waals surface area (Å²) in [5, 5.41) is 13.0. The van der Waals surface area contributed by atoms with E-state index in [1.54, 1.807) is 0 Å². The third-order valence-corrected chi connectivity index (χ3v) is 3.75. The Balaban J connectivity index is 2.03. The van der Waals surface area contributed by atoms with Gasteiger partial charge in [0.25, 0.3) is 0 Å². The summed E-state index contributed by atoms with van der Waals surface area (Å²) in [6.45, 7) is 0. The van der Waals surface area contributed by atoms with Crippen LogP contribution in [0.4, 0.5) is 5.13 Å². The van der Waals surface area contributed by atoms with Crippen LogP contribution in [0.15, 0.2) is 0 Å². The molecule has 1 fully saturated rings. The largest absolute Gasteiger partial charge is 0.465 e. The van der Waals surface area contributed by atoms with Crippen molar-refractivity contribution < 1.29 is 14.6 Å². The number of methoxy groups -OCH3 is 1. The van der Waals surface area contributed by atoms with E-state index >= 15 is 0 Å². The molecule has 0 spiro atoms. The minimum absolute atomic E-state index is 0.152. The predicted octanol–water partition coefficient (Wildman–Crippen LogP) is 1.52. The van der Waals surface area contributed by atoms with Crippen LogP contribution in [-0.4, -0.2) is 35.3 Å². The summed E-state index contributed by atoms with van der Waals surface area (Å²) in [5.74, 6) is -0.482. The van der Waals surface area contributed by atoms with Crippen LogP contribution in [0.3, 0.4) is 0 Å². The molecule has 16 heavy (non-hydrogen) atoms. The molecule has 7 heteroatoms. The van der Waals surface area contributed by atoms with Gasteiger partial charge in [-0.3, -0.25) is 0 Å². The molecule has 1 aliphatic rings. The number of hydrogen-bond donors (Lipinski definition) is 2. The summed E-state index contributed by atoms with van der Waals surface area (Å²) >= 11 is 6.96. The average molecular weight is 263 g/mol. The predicted molar refractivity (Wildman–Crippen MR) is 61.1 cm³/mol. The van der Waals surface area contributed by atoms with E-state index < -0.39 is 5.97 Å². The van der Waals surface area contributed by atoms with Crippen LogP contribution in [0.2, 0.25) is 5.15 Å². The minimum atomic E-state index is -0.482. The molecular formula is C9H11ClN2O3S. The fraction of sp³-hybridized carbons (Fsp3) is 0.556. The molecule has 88 valence electrons. The van der Waals surface area contributed by atoms with Gasteiger partial charge in [0.1, 0.15) is 0 Å². The van der Waals surface area contributed by atoms with Crippen LogP contribution in [0.1, 0.15) is 22.5 Å². The Hall–Kier alpha value is -0.850. The number of thiazole rings is 1. The number of hydrogen-bond acceptors (Lipinski definition) is 6. The highest BCUT2D eigenvalue weighted by Crippen LogP contribution is 2.31. The van der Waals surface area contributed by atoms with Crippen LogP contribution in [0, 0.1) is 0 Å². The number of esters is 1. The van der Waals surface area contributed by atoms with E-state index in [0.717, 1.165) is 11.3 Å². The number of halogens is 1. The van der Waals surface area contributed by atoms with Gasteiger partial charge in [0, 0.05) is 6.04 Å². The number of carbonyl (C=O) groups is 1. The maximum atomic E-state index is 11.3. The average Bonchev–Trinajstić information content (AvgIpc) is 2.56. The molecule has 0 aromatic carbocycles. The van der Waals surface area contributed by atoms with Crippen molar-refractivity contribution in [3.05, 3.63) is 10.0 Å². The van der Waals surface area contributed by atoms with Crippen LogP contribution in [0.5, 0.6) is 0 Å². The van der Waals surface area contributed by atoms with Crippen LogP contribution in [0.25, 0.3) is 0 Å². The number of anilines is 1. The molecule has 0 radical (unpaired) electrons. The number of ether oxygens (including phenoxy) is 1. The number of nitrogens with one attached hydrogen (secondary N) is 1. The van der Waals surface area contributed by atoms with E-state index in [2.05, 4.69) is 15.0 Å². The van der Waals surface area contributed by atoms with E-state index in [9.17, 15) is 4.79 Å². The highest BCUT2D eigenvalue weighted by atomic mass is 35.5. The molecule has 0 bridgehead atoms. The Morgan fingerprint density at radius 1 is 1.69 bits per heavy atom. The summed E-state index contributed by atoms with van der Waals surface area (Å²) in [5.41, 5.74) is 0. The van der Waals surface area contributed by atoms with Gasteiger partial charge in [-0.1, -0.05) is 22.9 Å². The molecule has 1 aromatic heterocycles. The lowest BCUT2D eigenvalue weighted by molar-refractivity contribution is 0.0606. The summed E-state index contributed by atoms with van der Waals surface area (Å²) in [6, 6.07) is 0.211. The van der Waals surface area contributed by atoms with Gasteiger partial charge in [0.05, 0.1) is 13.2 Å². The third-order valence-electron chi connectivity index (χ3n) is 2.40. The van der Waals surface area contributed by atoms with Crippen molar-refractivity contribution in [2.45, 2.75) is 25.0 Å². The van der Waals surface area contributed by atoms with Crippen molar-refractivity contribution in [2.24, 2.45) is 0 Å². The Bertz CT molecular complexity index is 403. The van der Waals surface area contributed by atoms with Crippen molar-refractivity contribution in [3.63, 3.8) is 0 Å². The van der Waals surface area contributed by atoms with Gasteiger partial charge in [-0.15, -0.1) is 0 Å². The standard InChI is InChI=1S/C9H11ClN2O3S/c1-15-8(14)6-7(10)12-9(16-6)11-4-2-5(13)3-4/h4-5,13H,2-3H2,1H3,(H,11,12). The van der Waals surface area contributed by atoms with Gasteiger partial charge < -0.3 is 15.2 Å². The lowest BCUT2D eigenvalue weighted by Gasteiger charge is -2.31. The molecule has 0 atom stereocenters. The highest BCUT2D eigenvalue weighted by Gasteiger charge is 2.28. The summed E-state index contributed by atoms with van der Waals surface area (Å²) in [6.07, 6.45) is 1.17. The van der Waals surface area contributed by atoms with Crippen molar-refractivity contribution in [2.75, 3.05) is 12.4 Å². The summed E-state index contributed by atoms with van der Waals surface area (Å²) in [7, 11) is 1.30. The second-order valence-corrected chi connectivity index (χ2v) is 4.95. The molecule has 1 aromatic rings. The molecule has 0 unspecified atom stereocenters. The molecule has 5 nitrogen and oxygen atoms in total.